The second-order valence-electron chi connectivity index (χ2n) is 5.05. The Kier molecular flexibility index (Phi) is 5.49. The molecule has 0 fully saturated rings. The van der Waals surface area contributed by atoms with Gasteiger partial charge in [-0.1, -0.05) is 6.08 Å². The van der Waals surface area contributed by atoms with E-state index in [1.165, 1.54) is 12.0 Å². The second kappa shape index (κ2) is 7.35. The molecule has 1 aliphatic rings. The van der Waals surface area contributed by atoms with Crippen LogP contribution in [0.1, 0.15) is 24.0 Å². The Bertz CT molecular complexity index is 573. The Morgan fingerprint density at radius 1 is 1.36 bits per heavy atom. The number of amides is 1. The summed E-state index contributed by atoms with van der Waals surface area (Å²) in [6, 6.07) is 5.32. The summed E-state index contributed by atoms with van der Waals surface area (Å²) in [6.45, 7) is 1.42. The maximum Gasteiger partial charge on any atom is 0.256 e. The third-order valence-electron chi connectivity index (χ3n) is 3.43. The van der Waals surface area contributed by atoms with Crippen LogP contribution in [0.2, 0.25) is 0 Å². The Hall–Kier alpha value is -1.95. The number of benzene rings is 1. The summed E-state index contributed by atoms with van der Waals surface area (Å²) in [5.74, 6) is 0.364. The first-order valence-corrected chi connectivity index (χ1v) is 7.04. The molecule has 1 heterocycles. The van der Waals surface area contributed by atoms with Gasteiger partial charge in [-0.15, -0.1) is 0 Å². The van der Waals surface area contributed by atoms with Crippen molar-refractivity contribution < 1.29 is 23.0 Å². The van der Waals surface area contributed by atoms with Crippen LogP contribution in [-0.4, -0.2) is 37.7 Å². The molecule has 1 amide bonds. The average Bonchev–Trinajstić information content (AvgIpc) is 2.47. The molecule has 0 saturated carbocycles. The van der Waals surface area contributed by atoms with Gasteiger partial charge in [0.05, 0.1) is 6.54 Å². The van der Waals surface area contributed by atoms with Gasteiger partial charge in [-0.05, 0) is 37.1 Å². The van der Waals surface area contributed by atoms with Crippen molar-refractivity contribution in [1.29, 1.82) is 0 Å². The van der Waals surface area contributed by atoms with Gasteiger partial charge < -0.3 is 14.4 Å². The molecule has 0 spiro atoms. The van der Waals surface area contributed by atoms with Crippen molar-refractivity contribution in [3.05, 3.63) is 35.4 Å². The average molecular weight is 311 g/mol. The predicted molar refractivity (Wildman–Crippen MR) is 78.6 cm³/mol. The molecule has 0 bridgehead atoms. The van der Waals surface area contributed by atoms with Crippen molar-refractivity contribution >= 4 is 11.6 Å². The van der Waals surface area contributed by atoms with Crippen LogP contribution in [0.3, 0.4) is 0 Å². The van der Waals surface area contributed by atoms with Crippen LogP contribution in [0.25, 0.3) is 5.70 Å². The number of carbonyl (C=O) groups excluding carboxylic acids is 1. The first-order chi connectivity index (χ1) is 10.5. The standard InChI is InChI=1S/C16H19F2NO3/c1-11-8-12(22-10-21-2)6-7-13(11)14-4-3-5-16(20)19(14)9-15(17)18/h4,6-8,15H,3,5,9-10H2,1-2H3. The number of alkyl halides is 2. The lowest BCUT2D eigenvalue weighted by molar-refractivity contribution is -0.129. The topological polar surface area (TPSA) is 38.8 Å². The molecule has 0 aliphatic carbocycles. The van der Waals surface area contributed by atoms with E-state index in [1.807, 2.05) is 13.0 Å². The summed E-state index contributed by atoms with van der Waals surface area (Å²) in [5, 5.41) is 0. The SMILES string of the molecule is COCOc1ccc(C2=CCCC(=O)N2CC(F)F)c(C)c1. The number of hydrogen-bond donors (Lipinski definition) is 0. The molecule has 2 rings (SSSR count). The van der Waals surface area contributed by atoms with E-state index in [0.717, 1.165) is 11.1 Å². The van der Waals surface area contributed by atoms with Crippen LogP contribution in [0.5, 0.6) is 5.75 Å². The van der Waals surface area contributed by atoms with E-state index >= 15 is 0 Å². The maximum absolute atomic E-state index is 12.7. The molecule has 0 N–H and O–H groups in total. The lowest BCUT2D eigenvalue weighted by atomic mass is 10.00. The van der Waals surface area contributed by atoms with Crippen LogP contribution < -0.4 is 4.74 Å². The number of allylic oxidation sites excluding steroid dienone is 1. The van der Waals surface area contributed by atoms with Gasteiger partial charge in [0, 0.05) is 24.8 Å². The van der Waals surface area contributed by atoms with Gasteiger partial charge in [-0.2, -0.15) is 0 Å². The molecule has 4 nitrogen and oxygen atoms in total. The van der Waals surface area contributed by atoms with Crippen LogP contribution in [-0.2, 0) is 9.53 Å². The van der Waals surface area contributed by atoms with Crippen LogP contribution in [0.4, 0.5) is 8.78 Å². The van der Waals surface area contributed by atoms with Gasteiger partial charge in [0.15, 0.2) is 6.79 Å². The van der Waals surface area contributed by atoms with E-state index in [-0.39, 0.29) is 19.1 Å². The predicted octanol–water partition coefficient (Wildman–Crippen LogP) is 3.21. The molecule has 6 heteroatoms. The van der Waals surface area contributed by atoms with E-state index in [9.17, 15) is 13.6 Å². The van der Waals surface area contributed by atoms with E-state index < -0.39 is 13.0 Å². The third-order valence-corrected chi connectivity index (χ3v) is 3.43. The van der Waals surface area contributed by atoms with Gasteiger partial charge in [-0.3, -0.25) is 4.79 Å². The van der Waals surface area contributed by atoms with Crippen molar-refractivity contribution in [1.82, 2.24) is 4.90 Å². The fraction of sp³-hybridized carbons (Fsp3) is 0.438. The summed E-state index contributed by atoms with van der Waals surface area (Å²) in [5.41, 5.74) is 2.17. The number of halogens is 2. The minimum atomic E-state index is -2.56. The highest BCUT2D eigenvalue weighted by atomic mass is 19.3. The highest BCUT2D eigenvalue weighted by Crippen LogP contribution is 2.30. The quantitative estimate of drug-likeness (QED) is 0.757. The molecule has 22 heavy (non-hydrogen) atoms. The molecule has 120 valence electrons. The van der Waals surface area contributed by atoms with Crippen LogP contribution in [0, 0.1) is 6.92 Å². The first-order valence-electron chi connectivity index (χ1n) is 7.04. The summed E-state index contributed by atoms with van der Waals surface area (Å²) >= 11 is 0. The highest BCUT2D eigenvalue weighted by Gasteiger charge is 2.26. The molecule has 1 aliphatic heterocycles. The Labute approximate surface area is 128 Å². The molecule has 0 aromatic heterocycles. The first kappa shape index (κ1) is 16.4. The van der Waals surface area contributed by atoms with Crippen molar-refractivity contribution in [3.63, 3.8) is 0 Å². The normalized spacial score (nSPS) is 15.2. The van der Waals surface area contributed by atoms with Gasteiger partial charge in [0.2, 0.25) is 5.91 Å². The molecular weight excluding hydrogens is 292 g/mol. The number of hydrogen-bond acceptors (Lipinski definition) is 3. The maximum atomic E-state index is 12.7. The van der Waals surface area contributed by atoms with E-state index in [0.29, 0.717) is 17.9 Å². The van der Waals surface area contributed by atoms with E-state index in [1.54, 1.807) is 18.2 Å². The molecule has 0 saturated heterocycles. The van der Waals surface area contributed by atoms with Gasteiger partial charge in [-0.25, -0.2) is 8.78 Å². The molecule has 1 aromatic carbocycles. The molecular formula is C16H19F2NO3. The Balaban J connectivity index is 2.28. The van der Waals surface area contributed by atoms with Crippen LogP contribution in [0.15, 0.2) is 24.3 Å². The summed E-state index contributed by atoms with van der Waals surface area (Å²) < 4.78 is 35.6. The minimum absolute atomic E-state index is 0.136. The molecule has 1 aromatic rings. The minimum Gasteiger partial charge on any atom is -0.468 e. The van der Waals surface area contributed by atoms with Crippen molar-refractivity contribution in [2.75, 3.05) is 20.4 Å². The molecule has 0 atom stereocenters. The van der Waals surface area contributed by atoms with Gasteiger partial charge >= 0.3 is 0 Å². The number of ether oxygens (including phenoxy) is 2. The summed E-state index contributed by atoms with van der Waals surface area (Å²) in [6.07, 6.45) is 0.108. The summed E-state index contributed by atoms with van der Waals surface area (Å²) in [4.78, 5) is 13.1. The van der Waals surface area contributed by atoms with E-state index in [2.05, 4.69) is 0 Å². The van der Waals surface area contributed by atoms with Gasteiger partial charge in [0.1, 0.15) is 5.75 Å². The van der Waals surface area contributed by atoms with Crippen molar-refractivity contribution in [3.8, 4) is 5.75 Å². The smallest absolute Gasteiger partial charge is 0.256 e. The molecule has 0 unspecified atom stereocenters. The largest absolute Gasteiger partial charge is 0.468 e. The zero-order chi connectivity index (χ0) is 16.1. The highest BCUT2D eigenvalue weighted by molar-refractivity contribution is 5.89. The fourth-order valence-electron chi connectivity index (χ4n) is 2.45. The number of carbonyl (C=O) groups is 1. The summed E-state index contributed by atoms with van der Waals surface area (Å²) in [7, 11) is 1.53. The van der Waals surface area contributed by atoms with Crippen molar-refractivity contribution in [2.24, 2.45) is 0 Å². The second-order valence-corrected chi connectivity index (χ2v) is 5.05. The lowest BCUT2D eigenvalue weighted by Gasteiger charge is -2.29. The third kappa shape index (κ3) is 3.82. The Morgan fingerprint density at radius 3 is 2.77 bits per heavy atom. The van der Waals surface area contributed by atoms with Gasteiger partial charge in [0.25, 0.3) is 6.43 Å². The van der Waals surface area contributed by atoms with Crippen molar-refractivity contribution in [2.45, 2.75) is 26.2 Å². The van der Waals surface area contributed by atoms with Crippen LogP contribution >= 0.6 is 0 Å². The number of nitrogens with zero attached hydrogens (tertiary/aromatic N) is 1. The lowest BCUT2D eigenvalue weighted by Crippen LogP contribution is -2.35. The number of rotatable bonds is 6. The fourth-order valence-corrected chi connectivity index (χ4v) is 2.45. The number of aryl methyl sites for hydroxylation is 1. The zero-order valence-corrected chi connectivity index (χ0v) is 12.6. The van der Waals surface area contributed by atoms with E-state index in [4.69, 9.17) is 9.47 Å². The molecule has 0 radical (unpaired) electrons. The zero-order valence-electron chi connectivity index (χ0n) is 12.6. The number of methoxy groups -OCH3 is 1. The monoisotopic (exact) mass is 311 g/mol. The Morgan fingerprint density at radius 2 is 2.14 bits per heavy atom.